The molecule has 0 unspecified atom stereocenters. The van der Waals surface area contributed by atoms with E-state index >= 15 is 0 Å². The molecule has 2 N–H and O–H groups in total. The van der Waals surface area contributed by atoms with E-state index in [4.69, 9.17) is 4.74 Å². The van der Waals surface area contributed by atoms with Gasteiger partial charge in [-0.05, 0) is 43.3 Å². The molecule has 160 valence electrons. The predicted octanol–water partition coefficient (Wildman–Crippen LogP) is 4.18. The van der Waals surface area contributed by atoms with Gasteiger partial charge in [0.1, 0.15) is 0 Å². The summed E-state index contributed by atoms with van der Waals surface area (Å²) in [6.45, 7) is 6.22. The molecule has 7 heteroatoms. The van der Waals surface area contributed by atoms with Gasteiger partial charge in [0.15, 0.2) is 13.9 Å². The van der Waals surface area contributed by atoms with Crippen LogP contribution in [0.15, 0.2) is 53.0 Å². The van der Waals surface area contributed by atoms with Crippen molar-refractivity contribution in [3.63, 3.8) is 0 Å². The smallest absolute Gasteiger partial charge is 0.264 e. The number of halogens is 1. The number of carbonyl (C=O) groups is 1. The topological polar surface area (TPSA) is 70.0 Å². The third-order valence-corrected chi connectivity index (χ3v) is 9.54. The molecule has 0 aromatic heterocycles. The molecule has 2 aromatic rings. The average molecular weight is 490 g/mol. The molecule has 1 spiro atoms. The number of aliphatic hydroxyl groups is 1. The van der Waals surface area contributed by atoms with Crippen molar-refractivity contribution >= 4 is 35.8 Å². The van der Waals surface area contributed by atoms with Crippen molar-refractivity contribution in [1.29, 1.82) is 0 Å². The Balaban J connectivity index is 1.83. The zero-order valence-electron chi connectivity index (χ0n) is 17.5. The molecule has 2 aliphatic heterocycles. The van der Waals surface area contributed by atoms with Crippen molar-refractivity contribution in [3.05, 3.63) is 64.1 Å². The van der Waals surface area contributed by atoms with Crippen molar-refractivity contribution in [2.45, 2.75) is 50.2 Å². The van der Waals surface area contributed by atoms with Crippen LogP contribution < -0.4 is 4.90 Å². The number of fused-ring (bicyclic) bond motifs is 2. The summed E-state index contributed by atoms with van der Waals surface area (Å²) in [6.07, 6.45) is 0.0485. The molecule has 2 aliphatic rings. The minimum atomic E-state index is -2.66. The Morgan fingerprint density at radius 1 is 1.20 bits per heavy atom. The number of carbonyl (C=O) groups excluding carboxylic acids is 1. The van der Waals surface area contributed by atoms with Gasteiger partial charge in [0, 0.05) is 28.1 Å². The van der Waals surface area contributed by atoms with Gasteiger partial charge in [0.05, 0.1) is 18.3 Å². The molecule has 4 atom stereocenters. The van der Waals surface area contributed by atoms with E-state index in [9.17, 15) is 14.7 Å². The Bertz CT molecular complexity index is 948. The highest BCUT2D eigenvalue weighted by Crippen LogP contribution is 2.60. The number of ether oxygens (including phenoxy) is 1. The minimum absolute atomic E-state index is 0.0400. The second kappa shape index (κ2) is 7.87. The Hall–Kier alpha value is -1.51. The molecule has 4 rings (SSSR count). The van der Waals surface area contributed by atoms with E-state index in [-0.39, 0.29) is 30.1 Å². The van der Waals surface area contributed by atoms with Gasteiger partial charge < -0.3 is 19.5 Å². The molecular formula is C23H28BrNO4Si. The van der Waals surface area contributed by atoms with Gasteiger partial charge in [-0.15, -0.1) is 0 Å². The second-order valence-corrected chi connectivity index (χ2v) is 13.8. The fraction of sp³-hybridized carbons (Fsp3) is 0.435. The van der Waals surface area contributed by atoms with Crippen LogP contribution in [0.5, 0.6) is 0 Å². The summed E-state index contributed by atoms with van der Waals surface area (Å²) < 4.78 is 7.45. The molecule has 30 heavy (non-hydrogen) atoms. The number of benzene rings is 2. The van der Waals surface area contributed by atoms with Gasteiger partial charge in [-0.3, -0.25) is 4.79 Å². The van der Waals surface area contributed by atoms with E-state index in [1.54, 1.807) is 4.90 Å². The lowest BCUT2D eigenvalue weighted by Gasteiger charge is -2.32. The highest BCUT2D eigenvalue weighted by atomic mass is 79.9. The van der Waals surface area contributed by atoms with Crippen molar-refractivity contribution in [1.82, 2.24) is 0 Å². The Morgan fingerprint density at radius 2 is 1.90 bits per heavy atom. The predicted molar refractivity (Wildman–Crippen MR) is 123 cm³/mol. The molecule has 0 bridgehead atoms. The van der Waals surface area contributed by atoms with Crippen molar-refractivity contribution in [3.8, 4) is 0 Å². The average Bonchev–Trinajstić information content (AvgIpc) is 3.10. The van der Waals surface area contributed by atoms with Crippen LogP contribution in [0.3, 0.4) is 0 Å². The van der Waals surface area contributed by atoms with Crippen LogP contribution >= 0.6 is 15.9 Å². The molecule has 1 fully saturated rings. The summed E-state index contributed by atoms with van der Waals surface area (Å²) in [6, 6.07) is 15.8. The van der Waals surface area contributed by atoms with Gasteiger partial charge in [0.2, 0.25) is 0 Å². The Morgan fingerprint density at radius 3 is 2.53 bits per heavy atom. The molecule has 5 nitrogen and oxygen atoms in total. The molecule has 2 heterocycles. The van der Waals surface area contributed by atoms with Gasteiger partial charge in [-0.25, -0.2) is 0 Å². The summed E-state index contributed by atoms with van der Waals surface area (Å²) in [5, 5.41) is 9.63. The fourth-order valence-electron chi connectivity index (χ4n) is 5.37. The first-order chi connectivity index (χ1) is 14.2. The number of anilines is 1. The van der Waals surface area contributed by atoms with Crippen molar-refractivity contribution in [2.24, 2.45) is 5.92 Å². The summed E-state index contributed by atoms with van der Waals surface area (Å²) in [4.78, 5) is 26.9. The van der Waals surface area contributed by atoms with E-state index in [1.807, 2.05) is 68.5 Å². The largest absolute Gasteiger partial charge is 0.432 e. The van der Waals surface area contributed by atoms with E-state index in [2.05, 4.69) is 15.9 Å². The first-order valence-electron chi connectivity index (χ1n) is 10.4. The van der Waals surface area contributed by atoms with E-state index in [0.717, 1.165) is 21.3 Å². The maximum Gasteiger partial charge on any atom is 0.264 e. The maximum absolute atomic E-state index is 14.0. The van der Waals surface area contributed by atoms with Crippen LogP contribution in [0, 0.1) is 5.92 Å². The van der Waals surface area contributed by atoms with Crippen LogP contribution in [-0.4, -0.2) is 36.8 Å². The van der Waals surface area contributed by atoms with Crippen LogP contribution in [0.25, 0.3) is 0 Å². The zero-order chi connectivity index (χ0) is 21.7. The normalized spacial score (nSPS) is 28.4. The fourth-order valence-corrected chi connectivity index (χ4v) is 8.33. The Labute approximate surface area is 186 Å². The van der Waals surface area contributed by atoms with E-state index < -0.39 is 13.9 Å². The molecule has 0 radical (unpaired) electrons. The van der Waals surface area contributed by atoms with E-state index in [0.29, 0.717) is 13.0 Å². The quantitative estimate of drug-likeness (QED) is 0.618. The van der Waals surface area contributed by atoms with Gasteiger partial charge in [-0.1, -0.05) is 53.2 Å². The van der Waals surface area contributed by atoms with Gasteiger partial charge in [-0.2, -0.15) is 0 Å². The van der Waals surface area contributed by atoms with Gasteiger partial charge in [0.25, 0.3) is 5.91 Å². The van der Waals surface area contributed by atoms with Crippen molar-refractivity contribution < 1.29 is 19.4 Å². The summed E-state index contributed by atoms with van der Waals surface area (Å²) in [7, 11) is -2.66. The number of amides is 1. The molecule has 1 amide bonds. The van der Waals surface area contributed by atoms with Crippen LogP contribution in [0.4, 0.5) is 5.69 Å². The molecule has 2 aromatic carbocycles. The first kappa shape index (κ1) is 21.7. The summed E-state index contributed by atoms with van der Waals surface area (Å²) in [5.74, 6) is -0.294. The van der Waals surface area contributed by atoms with Crippen LogP contribution in [0.2, 0.25) is 18.6 Å². The lowest BCUT2D eigenvalue weighted by Crippen LogP contribution is -2.46. The molecule has 0 aliphatic carbocycles. The number of nitrogens with zero attached hydrogens (tertiary/aromatic N) is 1. The second-order valence-electron chi connectivity index (χ2n) is 8.91. The standard InChI is InChI=1S/C23H28BrNO4Si/c1-15-21(30(2,3)28)20(11-12-26)29-23(15)18-13-17(24)9-10-19(18)25(22(23)27)14-16-7-5-4-6-8-16/h4-10,13,15,20-21,26,28H,11-12,14H2,1-3H3/t15-,20+,21-,23+/m0/s1. The highest BCUT2D eigenvalue weighted by molar-refractivity contribution is 9.10. The summed E-state index contributed by atoms with van der Waals surface area (Å²) in [5.41, 5.74) is 1.43. The van der Waals surface area contributed by atoms with Crippen molar-refractivity contribution in [2.75, 3.05) is 11.5 Å². The zero-order valence-corrected chi connectivity index (χ0v) is 20.1. The number of hydrogen-bond acceptors (Lipinski definition) is 4. The lowest BCUT2D eigenvalue weighted by atomic mass is 9.82. The van der Waals surface area contributed by atoms with Gasteiger partial charge >= 0.3 is 0 Å². The molecular weight excluding hydrogens is 462 g/mol. The SMILES string of the molecule is C[C@H]1[C@H]([Si](C)(C)O)[C@@H](CCO)O[C@]12C(=O)N(Cc1ccccc1)c1ccc(Br)cc12. The van der Waals surface area contributed by atoms with Crippen LogP contribution in [-0.2, 0) is 21.7 Å². The number of rotatable bonds is 5. The Kier molecular flexibility index (Phi) is 5.70. The lowest BCUT2D eigenvalue weighted by molar-refractivity contribution is -0.146. The highest BCUT2D eigenvalue weighted by Gasteiger charge is 2.66. The van der Waals surface area contributed by atoms with E-state index in [1.165, 1.54) is 0 Å². The number of aliphatic hydroxyl groups excluding tert-OH is 1. The maximum atomic E-state index is 14.0. The third kappa shape index (κ3) is 3.37. The third-order valence-electron chi connectivity index (χ3n) is 6.54. The number of hydrogen-bond donors (Lipinski definition) is 2. The monoisotopic (exact) mass is 489 g/mol. The first-order valence-corrected chi connectivity index (χ1v) is 14.2. The summed E-state index contributed by atoms with van der Waals surface area (Å²) >= 11 is 3.56. The minimum Gasteiger partial charge on any atom is -0.432 e. The molecule has 1 saturated heterocycles. The van der Waals surface area contributed by atoms with Crippen LogP contribution in [0.1, 0.15) is 24.5 Å². The molecule has 0 saturated carbocycles.